The summed E-state index contributed by atoms with van der Waals surface area (Å²) < 4.78 is 5.80. The van der Waals surface area contributed by atoms with Gasteiger partial charge in [-0.2, -0.15) is 0 Å². The Kier molecular flexibility index (Phi) is 8.99. The third-order valence-electron chi connectivity index (χ3n) is 5.54. The Labute approximate surface area is 181 Å². The molecule has 158 valence electrons. The van der Waals surface area contributed by atoms with Gasteiger partial charge >= 0.3 is 0 Å². The Morgan fingerprint density at radius 2 is 1.62 bits per heavy atom. The highest BCUT2D eigenvalue weighted by Crippen LogP contribution is 2.25. The summed E-state index contributed by atoms with van der Waals surface area (Å²) in [6, 6.07) is 14.9. The van der Waals surface area contributed by atoms with Gasteiger partial charge in [0.15, 0.2) is 6.61 Å². The van der Waals surface area contributed by atoms with Crippen LogP contribution in [0.1, 0.15) is 47.6 Å². The summed E-state index contributed by atoms with van der Waals surface area (Å²) in [6.07, 6.45) is 3.76. The molecule has 0 spiro atoms. The lowest BCUT2D eigenvalue weighted by atomic mass is 10.0. The minimum Gasteiger partial charge on any atom is -0.483 e. The normalized spacial score (nSPS) is 15.3. The van der Waals surface area contributed by atoms with Crippen LogP contribution in [0.2, 0.25) is 0 Å². The molecule has 1 heterocycles. The van der Waals surface area contributed by atoms with E-state index in [-0.39, 0.29) is 31.0 Å². The summed E-state index contributed by atoms with van der Waals surface area (Å²) in [5, 5.41) is 3.10. The molecule has 0 radical (unpaired) electrons. The van der Waals surface area contributed by atoms with E-state index >= 15 is 0 Å². The number of rotatable bonds is 7. The zero-order valence-corrected chi connectivity index (χ0v) is 18.6. The lowest BCUT2D eigenvalue weighted by Gasteiger charge is -2.35. The highest BCUT2D eigenvalue weighted by Gasteiger charge is 2.23. The SMILES string of the molecule is Cc1ccc(C(CNC(=O)COc2c(C)cccc2C)N2CCCCC2)cc1.Cl. The van der Waals surface area contributed by atoms with Crippen molar-refractivity contribution in [1.82, 2.24) is 10.2 Å². The topological polar surface area (TPSA) is 41.6 Å². The fourth-order valence-corrected chi connectivity index (χ4v) is 3.90. The van der Waals surface area contributed by atoms with E-state index in [2.05, 4.69) is 41.4 Å². The first-order chi connectivity index (χ1) is 13.5. The number of hydrogen-bond donors (Lipinski definition) is 1. The number of halogens is 1. The summed E-state index contributed by atoms with van der Waals surface area (Å²) in [4.78, 5) is 15.0. The van der Waals surface area contributed by atoms with Crippen LogP contribution in [0.25, 0.3) is 0 Å². The van der Waals surface area contributed by atoms with Crippen LogP contribution in [0.3, 0.4) is 0 Å². The second-order valence-corrected chi connectivity index (χ2v) is 7.84. The predicted octanol–water partition coefficient (Wildman–Crippen LogP) is 4.76. The molecule has 1 aliphatic rings. The molecule has 1 fully saturated rings. The summed E-state index contributed by atoms with van der Waals surface area (Å²) in [6.45, 7) is 8.95. The number of ether oxygens (including phenoxy) is 1. The van der Waals surface area contributed by atoms with Gasteiger partial charge in [0.25, 0.3) is 5.91 Å². The zero-order chi connectivity index (χ0) is 19.9. The Balaban J connectivity index is 0.00000300. The highest BCUT2D eigenvalue weighted by atomic mass is 35.5. The Morgan fingerprint density at radius 1 is 1.00 bits per heavy atom. The zero-order valence-electron chi connectivity index (χ0n) is 17.7. The first-order valence-corrected chi connectivity index (χ1v) is 10.3. The fraction of sp³-hybridized carbons (Fsp3) is 0.458. The van der Waals surface area contributed by atoms with Crippen LogP contribution in [0.5, 0.6) is 5.75 Å². The van der Waals surface area contributed by atoms with Gasteiger partial charge in [0.1, 0.15) is 5.75 Å². The van der Waals surface area contributed by atoms with Gasteiger partial charge < -0.3 is 10.1 Å². The molecule has 1 aliphatic heterocycles. The molecule has 1 amide bonds. The van der Waals surface area contributed by atoms with Gasteiger partial charge in [-0.3, -0.25) is 9.69 Å². The molecule has 2 aromatic rings. The Bertz CT molecular complexity index is 766. The average molecular weight is 417 g/mol. The van der Waals surface area contributed by atoms with Crippen molar-refractivity contribution in [2.24, 2.45) is 0 Å². The largest absolute Gasteiger partial charge is 0.483 e. The highest BCUT2D eigenvalue weighted by molar-refractivity contribution is 5.85. The number of carbonyl (C=O) groups excluding carboxylic acids is 1. The summed E-state index contributed by atoms with van der Waals surface area (Å²) in [5.74, 6) is 0.737. The number of hydrogen-bond acceptors (Lipinski definition) is 3. The molecular weight excluding hydrogens is 384 g/mol. The van der Waals surface area contributed by atoms with Gasteiger partial charge in [0.2, 0.25) is 0 Å². The van der Waals surface area contributed by atoms with Crippen LogP contribution in [-0.4, -0.2) is 37.0 Å². The molecule has 1 N–H and O–H groups in total. The van der Waals surface area contributed by atoms with Gasteiger partial charge in [-0.1, -0.05) is 54.4 Å². The average Bonchev–Trinajstić information content (AvgIpc) is 2.70. The molecule has 0 saturated carbocycles. The van der Waals surface area contributed by atoms with Crippen molar-refractivity contribution in [2.75, 3.05) is 26.2 Å². The van der Waals surface area contributed by atoms with Crippen LogP contribution in [0.4, 0.5) is 0 Å². The van der Waals surface area contributed by atoms with Crippen LogP contribution in [0, 0.1) is 20.8 Å². The Hall–Kier alpha value is -2.04. The molecular formula is C24H33ClN2O2. The van der Waals surface area contributed by atoms with Gasteiger partial charge in [0, 0.05) is 6.54 Å². The van der Waals surface area contributed by atoms with Gasteiger partial charge in [-0.25, -0.2) is 0 Å². The van der Waals surface area contributed by atoms with Crippen molar-refractivity contribution in [2.45, 2.75) is 46.1 Å². The van der Waals surface area contributed by atoms with Crippen LogP contribution >= 0.6 is 12.4 Å². The lowest BCUT2D eigenvalue weighted by Crippen LogP contribution is -2.41. The lowest BCUT2D eigenvalue weighted by molar-refractivity contribution is -0.123. The van der Waals surface area contributed by atoms with Crippen molar-refractivity contribution >= 4 is 18.3 Å². The van der Waals surface area contributed by atoms with E-state index in [1.807, 2.05) is 32.0 Å². The maximum Gasteiger partial charge on any atom is 0.258 e. The van der Waals surface area contributed by atoms with Gasteiger partial charge in [0.05, 0.1) is 6.04 Å². The minimum atomic E-state index is -0.0724. The van der Waals surface area contributed by atoms with E-state index in [1.54, 1.807) is 0 Å². The first-order valence-electron chi connectivity index (χ1n) is 10.3. The van der Waals surface area contributed by atoms with Crippen molar-refractivity contribution in [3.05, 3.63) is 64.7 Å². The molecule has 1 saturated heterocycles. The number of para-hydroxylation sites is 1. The van der Waals surface area contributed by atoms with Crippen LogP contribution < -0.4 is 10.1 Å². The molecule has 5 heteroatoms. The third-order valence-corrected chi connectivity index (χ3v) is 5.54. The van der Waals surface area contributed by atoms with E-state index < -0.39 is 0 Å². The second kappa shape index (κ2) is 11.2. The van der Waals surface area contributed by atoms with E-state index in [1.165, 1.54) is 30.4 Å². The smallest absolute Gasteiger partial charge is 0.258 e. The quantitative estimate of drug-likeness (QED) is 0.707. The minimum absolute atomic E-state index is 0. The fourth-order valence-electron chi connectivity index (χ4n) is 3.90. The van der Waals surface area contributed by atoms with E-state index in [0.717, 1.165) is 30.0 Å². The molecule has 0 bridgehead atoms. The van der Waals surface area contributed by atoms with Crippen LogP contribution in [-0.2, 0) is 4.79 Å². The molecule has 29 heavy (non-hydrogen) atoms. The van der Waals surface area contributed by atoms with Crippen LogP contribution in [0.15, 0.2) is 42.5 Å². The van der Waals surface area contributed by atoms with Crippen molar-refractivity contribution in [1.29, 1.82) is 0 Å². The Morgan fingerprint density at radius 3 is 2.24 bits per heavy atom. The molecule has 0 aliphatic carbocycles. The predicted molar refractivity (Wildman–Crippen MR) is 121 cm³/mol. The molecule has 2 aromatic carbocycles. The summed E-state index contributed by atoms with van der Waals surface area (Å²) >= 11 is 0. The standard InChI is InChI=1S/C24H32N2O2.ClH/c1-18-10-12-21(13-11-18)22(26-14-5-4-6-15-26)16-25-23(27)17-28-24-19(2)8-7-9-20(24)3;/h7-13,22H,4-6,14-17H2,1-3H3,(H,25,27);1H. The van der Waals surface area contributed by atoms with E-state index in [0.29, 0.717) is 6.54 Å². The van der Waals surface area contributed by atoms with E-state index in [9.17, 15) is 4.79 Å². The number of piperidine rings is 1. The molecule has 3 rings (SSSR count). The van der Waals surface area contributed by atoms with Crippen molar-refractivity contribution < 1.29 is 9.53 Å². The number of likely N-dealkylation sites (tertiary alicyclic amines) is 1. The second-order valence-electron chi connectivity index (χ2n) is 7.84. The maximum atomic E-state index is 12.5. The summed E-state index contributed by atoms with van der Waals surface area (Å²) in [7, 11) is 0. The molecule has 4 nitrogen and oxygen atoms in total. The summed E-state index contributed by atoms with van der Waals surface area (Å²) in [5.41, 5.74) is 4.63. The number of benzene rings is 2. The van der Waals surface area contributed by atoms with Gasteiger partial charge in [-0.05, 0) is 63.4 Å². The number of amides is 1. The molecule has 1 atom stereocenters. The number of nitrogens with one attached hydrogen (secondary N) is 1. The monoisotopic (exact) mass is 416 g/mol. The molecule has 1 unspecified atom stereocenters. The third kappa shape index (κ3) is 6.48. The van der Waals surface area contributed by atoms with Gasteiger partial charge in [-0.15, -0.1) is 12.4 Å². The van der Waals surface area contributed by atoms with E-state index in [4.69, 9.17) is 4.74 Å². The number of nitrogens with zero attached hydrogens (tertiary/aromatic N) is 1. The number of aryl methyl sites for hydroxylation is 3. The first kappa shape index (κ1) is 23.2. The number of carbonyl (C=O) groups is 1. The molecule has 0 aromatic heterocycles. The maximum absolute atomic E-state index is 12.5. The van der Waals surface area contributed by atoms with Crippen molar-refractivity contribution in [3.63, 3.8) is 0 Å². The van der Waals surface area contributed by atoms with Crippen molar-refractivity contribution in [3.8, 4) is 5.75 Å².